The van der Waals surface area contributed by atoms with Gasteiger partial charge in [-0.2, -0.15) is 4.37 Å². The molecule has 0 saturated carbocycles. The summed E-state index contributed by atoms with van der Waals surface area (Å²) in [5.74, 6) is 1.41. The summed E-state index contributed by atoms with van der Waals surface area (Å²) in [6.45, 7) is 6.74. The van der Waals surface area contributed by atoms with Crippen molar-refractivity contribution in [1.29, 1.82) is 0 Å². The van der Waals surface area contributed by atoms with Gasteiger partial charge in [0.25, 0.3) is 0 Å². The quantitative estimate of drug-likeness (QED) is 0.783. The van der Waals surface area contributed by atoms with E-state index in [1.54, 1.807) is 0 Å². The van der Waals surface area contributed by atoms with E-state index in [-0.39, 0.29) is 0 Å². The van der Waals surface area contributed by atoms with E-state index in [1.165, 1.54) is 30.8 Å². The van der Waals surface area contributed by atoms with E-state index in [9.17, 15) is 0 Å². The fourth-order valence-corrected chi connectivity index (χ4v) is 2.19. The molecule has 0 radical (unpaired) electrons. The number of hydrogen-bond donors (Lipinski definition) is 2. The minimum absolute atomic E-state index is 0.503. The van der Waals surface area contributed by atoms with E-state index in [4.69, 9.17) is 5.73 Å². The summed E-state index contributed by atoms with van der Waals surface area (Å²) < 4.78 is 4.04. The van der Waals surface area contributed by atoms with E-state index >= 15 is 0 Å². The second kappa shape index (κ2) is 5.95. The predicted molar refractivity (Wildman–Crippen MR) is 68.3 cm³/mol. The smallest absolute Gasteiger partial charge is 0.139 e. The zero-order valence-electron chi connectivity index (χ0n) is 9.79. The fourth-order valence-electron chi connectivity index (χ4n) is 1.50. The first kappa shape index (κ1) is 12.3. The molecule has 1 atom stereocenters. The van der Waals surface area contributed by atoms with Crippen LogP contribution in [0.1, 0.15) is 40.0 Å². The molecule has 0 aliphatic rings. The Hall–Kier alpha value is -0.770. The van der Waals surface area contributed by atoms with Crippen molar-refractivity contribution in [1.82, 2.24) is 4.37 Å². The molecule has 86 valence electrons. The van der Waals surface area contributed by atoms with Crippen LogP contribution in [-0.2, 0) is 0 Å². The lowest BCUT2D eigenvalue weighted by Crippen LogP contribution is -2.14. The maximum absolute atomic E-state index is 5.55. The first-order valence-corrected chi connectivity index (χ1v) is 6.34. The van der Waals surface area contributed by atoms with E-state index in [0.29, 0.717) is 11.9 Å². The number of rotatable bonds is 6. The first-order valence-electron chi connectivity index (χ1n) is 5.56. The van der Waals surface area contributed by atoms with Crippen LogP contribution in [0.25, 0.3) is 0 Å². The summed E-state index contributed by atoms with van der Waals surface area (Å²) >= 11 is 1.43. The first-order chi connectivity index (χ1) is 7.08. The van der Waals surface area contributed by atoms with Crippen molar-refractivity contribution in [2.45, 2.75) is 46.1 Å². The summed E-state index contributed by atoms with van der Waals surface area (Å²) in [6.07, 6.45) is 3.78. The molecular formula is C11H21N3S. The molecule has 0 saturated heterocycles. The Morgan fingerprint density at radius 3 is 2.67 bits per heavy atom. The molecule has 1 rings (SSSR count). The summed E-state index contributed by atoms with van der Waals surface area (Å²) in [5.41, 5.74) is 5.55. The van der Waals surface area contributed by atoms with Gasteiger partial charge in [0.15, 0.2) is 0 Å². The van der Waals surface area contributed by atoms with Crippen LogP contribution in [0.5, 0.6) is 0 Å². The number of anilines is 2. The van der Waals surface area contributed by atoms with Crippen LogP contribution >= 0.6 is 11.5 Å². The summed E-state index contributed by atoms with van der Waals surface area (Å²) in [4.78, 5) is 0. The lowest BCUT2D eigenvalue weighted by Gasteiger charge is -2.13. The highest BCUT2D eigenvalue weighted by molar-refractivity contribution is 7.10. The lowest BCUT2D eigenvalue weighted by molar-refractivity contribution is 0.520. The maximum atomic E-state index is 5.55. The maximum Gasteiger partial charge on any atom is 0.139 e. The van der Waals surface area contributed by atoms with Crippen LogP contribution < -0.4 is 11.1 Å². The van der Waals surface area contributed by atoms with Crippen LogP contribution in [0.15, 0.2) is 6.07 Å². The molecule has 3 nitrogen and oxygen atoms in total. The number of nitrogens with zero attached hydrogens (tertiary/aromatic N) is 1. The molecular weight excluding hydrogens is 206 g/mol. The number of nitrogen functional groups attached to an aromatic ring is 1. The van der Waals surface area contributed by atoms with Crippen LogP contribution in [-0.4, -0.2) is 10.4 Å². The van der Waals surface area contributed by atoms with E-state index < -0.39 is 0 Å². The Morgan fingerprint density at radius 2 is 2.13 bits per heavy atom. The second-order valence-corrected chi connectivity index (χ2v) is 5.29. The molecule has 1 aromatic heterocycles. The SMILES string of the molecule is CC(C)CCCC(C)Nc1cc(N)ns1. The highest BCUT2D eigenvalue weighted by Gasteiger charge is 2.05. The lowest BCUT2D eigenvalue weighted by atomic mass is 10.0. The van der Waals surface area contributed by atoms with Crippen LogP contribution in [0.3, 0.4) is 0 Å². The minimum atomic E-state index is 0.503. The summed E-state index contributed by atoms with van der Waals surface area (Å²) in [5, 5.41) is 4.49. The minimum Gasteiger partial charge on any atom is -0.383 e. The van der Waals surface area contributed by atoms with Gasteiger partial charge in [-0.15, -0.1) is 0 Å². The molecule has 0 fully saturated rings. The van der Waals surface area contributed by atoms with Gasteiger partial charge in [0.2, 0.25) is 0 Å². The van der Waals surface area contributed by atoms with Gasteiger partial charge >= 0.3 is 0 Å². The number of aromatic nitrogens is 1. The van der Waals surface area contributed by atoms with Crippen molar-refractivity contribution >= 4 is 22.4 Å². The Balaban J connectivity index is 2.21. The normalized spacial score (nSPS) is 13.1. The van der Waals surface area contributed by atoms with E-state index in [1.807, 2.05) is 6.07 Å². The third-order valence-corrected chi connectivity index (χ3v) is 3.07. The molecule has 1 heterocycles. The van der Waals surface area contributed by atoms with Crippen molar-refractivity contribution < 1.29 is 0 Å². The number of nitrogens with two attached hydrogens (primary N) is 1. The van der Waals surface area contributed by atoms with Gasteiger partial charge in [0, 0.05) is 12.1 Å². The number of hydrogen-bond acceptors (Lipinski definition) is 4. The average molecular weight is 227 g/mol. The highest BCUT2D eigenvalue weighted by Crippen LogP contribution is 2.19. The molecule has 15 heavy (non-hydrogen) atoms. The largest absolute Gasteiger partial charge is 0.383 e. The third kappa shape index (κ3) is 5.02. The molecule has 0 bridgehead atoms. The summed E-state index contributed by atoms with van der Waals surface area (Å²) in [6, 6.07) is 2.40. The van der Waals surface area contributed by atoms with Crippen molar-refractivity contribution in [2.75, 3.05) is 11.1 Å². The van der Waals surface area contributed by atoms with Crippen molar-refractivity contribution in [3.8, 4) is 0 Å². The van der Waals surface area contributed by atoms with Gasteiger partial charge < -0.3 is 11.1 Å². The molecule has 0 aromatic carbocycles. The average Bonchev–Trinajstić information content (AvgIpc) is 2.50. The van der Waals surface area contributed by atoms with E-state index in [2.05, 4.69) is 30.5 Å². The van der Waals surface area contributed by atoms with Gasteiger partial charge in [-0.25, -0.2) is 0 Å². The Morgan fingerprint density at radius 1 is 1.40 bits per heavy atom. The van der Waals surface area contributed by atoms with Crippen LogP contribution in [0, 0.1) is 5.92 Å². The van der Waals surface area contributed by atoms with Gasteiger partial charge in [-0.05, 0) is 30.8 Å². The van der Waals surface area contributed by atoms with Gasteiger partial charge in [-0.3, -0.25) is 0 Å². The highest BCUT2D eigenvalue weighted by atomic mass is 32.1. The van der Waals surface area contributed by atoms with Crippen molar-refractivity contribution in [2.24, 2.45) is 5.92 Å². The summed E-state index contributed by atoms with van der Waals surface area (Å²) in [7, 11) is 0. The van der Waals surface area contributed by atoms with Gasteiger partial charge in [-0.1, -0.05) is 26.7 Å². The third-order valence-electron chi connectivity index (χ3n) is 2.34. The van der Waals surface area contributed by atoms with Crippen LogP contribution in [0.4, 0.5) is 10.8 Å². The standard InChI is InChI=1S/C11H21N3S/c1-8(2)5-4-6-9(3)13-11-7-10(12)14-15-11/h7-9,13H,4-6H2,1-3H3,(H2,12,14). The van der Waals surface area contributed by atoms with Gasteiger partial charge in [0.1, 0.15) is 10.8 Å². The zero-order chi connectivity index (χ0) is 11.3. The topological polar surface area (TPSA) is 50.9 Å². The van der Waals surface area contributed by atoms with Gasteiger partial charge in [0.05, 0.1) is 0 Å². The molecule has 0 spiro atoms. The Bertz CT molecular complexity index is 283. The molecule has 0 aliphatic heterocycles. The second-order valence-electron chi connectivity index (χ2n) is 4.49. The molecule has 0 amide bonds. The zero-order valence-corrected chi connectivity index (χ0v) is 10.6. The molecule has 4 heteroatoms. The molecule has 3 N–H and O–H groups in total. The Labute approximate surface area is 96.2 Å². The molecule has 0 aliphatic carbocycles. The fraction of sp³-hybridized carbons (Fsp3) is 0.727. The monoisotopic (exact) mass is 227 g/mol. The number of nitrogens with one attached hydrogen (secondary N) is 1. The molecule has 1 unspecified atom stereocenters. The van der Waals surface area contributed by atoms with Crippen molar-refractivity contribution in [3.05, 3.63) is 6.07 Å². The van der Waals surface area contributed by atoms with Crippen LogP contribution in [0.2, 0.25) is 0 Å². The predicted octanol–water partition coefficient (Wildman–Crippen LogP) is 3.35. The Kier molecular flexibility index (Phi) is 4.88. The van der Waals surface area contributed by atoms with Crippen molar-refractivity contribution in [3.63, 3.8) is 0 Å². The van der Waals surface area contributed by atoms with E-state index in [0.717, 1.165) is 10.9 Å². The molecule has 1 aromatic rings.